The Kier molecular flexibility index (Phi) is 3.20. The van der Waals surface area contributed by atoms with Gasteiger partial charge in [-0.3, -0.25) is 0 Å². The van der Waals surface area contributed by atoms with Gasteiger partial charge < -0.3 is 14.9 Å². The zero-order chi connectivity index (χ0) is 14.1. The average molecular weight is 293 g/mol. The summed E-state index contributed by atoms with van der Waals surface area (Å²) in [5.41, 5.74) is 7.06. The number of anilines is 1. The van der Waals surface area contributed by atoms with Gasteiger partial charge in [0.25, 0.3) is 0 Å². The Balaban J connectivity index is 1.79. The number of fused-ring (bicyclic) bond motifs is 1. The third-order valence-electron chi connectivity index (χ3n) is 2.72. The molecule has 2 aromatic carbocycles. The third kappa shape index (κ3) is 2.53. The Morgan fingerprint density at radius 2 is 2.00 bits per heavy atom. The van der Waals surface area contributed by atoms with E-state index in [0.717, 1.165) is 0 Å². The zero-order valence-electron chi connectivity index (χ0n) is 10.3. The average Bonchev–Trinajstić information content (AvgIpc) is 2.80. The number of oxazole rings is 1. The van der Waals surface area contributed by atoms with Crippen LogP contribution in [0.2, 0.25) is 5.02 Å². The van der Waals surface area contributed by atoms with Crippen LogP contribution in [-0.2, 0) is 6.61 Å². The largest absolute Gasteiger partial charge is 0.484 e. The smallest absolute Gasteiger partial charge is 0.233 e. The lowest BCUT2D eigenvalue weighted by Crippen LogP contribution is -1.95. The predicted molar refractivity (Wildman–Crippen MR) is 74.2 cm³/mol. The van der Waals surface area contributed by atoms with Gasteiger partial charge in [-0.25, -0.2) is 9.37 Å². The highest BCUT2D eigenvalue weighted by molar-refractivity contribution is 6.31. The Bertz CT molecular complexity index is 717. The van der Waals surface area contributed by atoms with Crippen LogP contribution < -0.4 is 10.5 Å². The van der Waals surface area contributed by atoms with Crippen molar-refractivity contribution in [1.82, 2.24) is 4.98 Å². The summed E-state index contributed by atoms with van der Waals surface area (Å²) in [4.78, 5) is 4.18. The van der Waals surface area contributed by atoms with E-state index >= 15 is 0 Å². The third-order valence-corrected chi connectivity index (χ3v) is 3.01. The van der Waals surface area contributed by atoms with Gasteiger partial charge >= 0.3 is 0 Å². The van der Waals surface area contributed by atoms with Crippen molar-refractivity contribution in [3.05, 3.63) is 53.1 Å². The molecule has 3 aromatic rings. The van der Waals surface area contributed by atoms with Crippen LogP contribution in [0.15, 0.2) is 40.8 Å². The second-order valence-corrected chi connectivity index (χ2v) is 4.61. The van der Waals surface area contributed by atoms with Gasteiger partial charge in [0.1, 0.15) is 17.1 Å². The molecule has 102 valence electrons. The van der Waals surface area contributed by atoms with Crippen LogP contribution in [0.25, 0.3) is 11.1 Å². The first kappa shape index (κ1) is 12.7. The summed E-state index contributed by atoms with van der Waals surface area (Å²) in [6, 6.07) is 9.58. The Labute approximate surface area is 118 Å². The van der Waals surface area contributed by atoms with Gasteiger partial charge in [0, 0.05) is 11.8 Å². The monoisotopic (exact) mass is 292 g/mol. The number of hydrogen-bond acceptors (Lipinski definition) is 4. The van der Waals surface area contributed by atoms with E-state index in [1.165, 1.54) is 12.1 Å². The number of hydrogen-bond donors (Lipinski definition) is 1. The van der Waals surface area contributed by atoms with Crippen LogP contribution in [0.3, 0.4) is 0 Å². The molecule has 1 aromatic heterocycles. The molecular weight excluding hydrogens is 283 g/mol. The molecule has 0 radical (unpaired) electrons. The van der Waals surface area contributed by atoms with Crippen LogP contribution in [0.4, 0.5) is 10.1 Å². The van der Waals surface area contributed by atoms with Crippen LogP contribution in [-0.4, -0.2) is 4.98 Å². The number of nitrogen functional groups attached to an aromatic ring is 1. The van der Waals surface area contributed by atoms with E-state index < -0.39 is 5.82 Å². The number of nitrogens with zero attached hydrogens (tertiary/aromatic N) is 1. The highest BCUT2D eigenvalue weighted by Crippen LogP contribution is 2.24. The molecule has 0 amide bonds. The molecule has 0 atom stereocenters. The molecule has 4 nitrogen and oxygen atoms in total. The van der Waals surface area contributed by atoms with Crippen molar-refractivity contribution in [1.29, 1.82) is 0 Å². The fourth-order valence-corrected chi connectivity index (χ4v) is 1.90. The van der Waals surface area contributed by atoms with Gasteiger partial charge in [-0.1, -0.05) is 11.6 Å². The second kappa shape index (κ2) is 5.02. The van der Waals surface area contributed by atoms with E-state index in [-0.39, 0.29) is 11.6 Å². The van der Waals surface area contributed by atoms with Gasteiger partial charge in [0.15, 0.2) is 12.2 Å². The first-order valence-electron chi connectivity index (χ1n) is 5.84. The van der Waals surface area contributed by atoms with Gasteiger partial charge in [-0.15, -0.1) is 0 Å². The highest BCUT2D eigenvalue weighted by Gasteiger charge is 2.10. The maximum Gasteiger partial charge on any atom is 0.233 e. The summed E-state index contributed by atoms with van der Waals surface area (Å²) < 4.78 is 24.2. The topological polar surface area (TPSA) is 61.3 Å². The standard InChI is InChI=1S/C14H10ClFN2O2/c15-10-5-12-13(6-11(10)16)20-14(18-12)7-19-9-3-1-8(17)2-4-9/h1-6H,7,17H2. The summed E-state index contributed by atoms with van der Waals surface area (Å²) in [6.07, 6.45) is 0. The molecule has 0 saturated heterocycles. The summed E-state index contributed by atoms with van der Waals surface area (Å²) >= 11 is 5.68. The molecule has 0 spiro atoms. The van der Waals surface area contributed by atoms with Crippen LogP contribution in [0.5, 0.6) is 5.75 Å². The molecule has 0 bridgehead atoms. The molecule has 1 heterocycles. The number of rotatable bonds is 3. The number of halogens is 2. The minimum absolute atomic E-state index is 0.0109. The molecule has 0 fully saturated rings. The second-order valence-electron chi connectivity index (χ2n) is 4.20. The van der Waals surface area contributed by atoms with E-state index in [2.05, 4.69) is 4.98 Å². The fraction of sp³-hybridized carbons (Fsp3) is 0.0714. The number of benzene rings is 2. The lowest BCUT2D eigenvalue weighted by Gasteiger charge is -2.02. The van der Waals surface area contributed by atoms with E-state index in [9.17, 15) is 4.39 Å². The summed E-state index contributed by atoms with van der Waals surface area (Å²) in [5.74, 6) is 0.450. The molecule has 0 unspecified atom stereocenters. The minimum Gasteiger partial charge on any atom is -0.484 e. The lowest BCUT2D eigenvalue weighted by molar-refractivity contribution is 0.267. The van der Waals surface area contributed by atoms with Crippen molar-refractivity contribution in [2.75, 3.05) is 5.73 Å². The van der Waals surface area contributed by atoms with E-state index in [1.54, 1.807) is 24.3 Å². The zero-order valence-corrected chi connectivity index (χ0v) is 11.0. The van der Waals surface area contributed by atoms with Crippen molar-refractivity contribution in [2.45, 2.75) is 6.61 Å². The molecule has 0 aliphatic rings. The molecule has 6 heteroatoms. The molecule has 0 aliphatic carbocycles. The number of ether oxygens (including phenoxy) is 1. The van der Waals surface area contributed by atoms with Crippen molar-refractivity contribution >= 4 is 28.4 Å². The molecule has 20 heavy (non-hydrogen) atoms. The Hall–Kier alpha value is -2.27. The van der Waals surface area contributed by atoms with Crippen LogP contribution >= 0.6 is 11.6 Å². The van der Waals surface area contributed by atoms with Crippen LogP contribution in [0.1, 0.15) is 5.89 Å². The maximum atomic E-state index is 13.3. The highest BCUT2D eigenvalue weighted by atomic mass is 35.5. The molecular formula is C14H10ClFN2O2. The van der Waals surface area contributed by atoms with Gasteiger partial charge in [-0.2, -0.15) is 0 Å². The molecule has 3 rings (SSSR count). The Morgan fingerprint density at radius 1 is 1.25 bits per heavy atom. The van der Waals surface area contributed by atoms with Crippen LogP contribution in [0, 0.1) is 5.82 Å². The number of aromatic nitrogens is 1. The minimum atomic E-state index is -0.540. The summed E-state index contributed by atoms with van der Waals surface area (Å²) in [7, 11) is 0. The lowest BCUT2D eigenvalue weighted by atomic mass is 10.3. The predicted octanol–water partition coefficient (Wildman–Crippen LogP) is 3.78. The van der Waals surface area contributed by atoms with Crippen molar-refractivity contribution in [3.63, 3.8) is 0 Å². The quantitative estimate of drug-likeness (QED) is 0.746. The van der Waals surface area contributed by atoms with E-state index in [1.807, 2.05) is 0 Å². The molecule has 2 N–H and O–H groups in total. The van der Waals surface area contributed by atoms with Gasteiger partial charge in [0.2, 0.25) is 5.89 Å². The van der Waals surface area contributed by atoms with Crippen molar-refractivity contribution in [2.24, 2.45) is 0 Å². The number of nitrogens with two attached hydrogens (primary N) is 1. The van der Waals surface area contributed by atoms with E-state index in [4.69, 9.17) is 26.5 Å². The molecule has 0 saturated carbocycles. The fourth-order valence-electron chi connectivity index (χ4n) is 1.74. The van der Waals surface area contributed by atoms with Crippen molar-refractivity contribution in [3.8, 4) is 5.75 Å². The Morgan fingerprint density at radius 3 is 2.75 bits per heavy atom. The van der Waals surface area contributed by atoms with Gasteiger partial charge in [0.05, 0.1) is 5.02 Å². The first-order chi connectivity index (χ1) is 9.61. The van der Waals surface area contributed by atoms with Crippen molar-refractivity contribution < 1.29 is 13.5 Å². The normalized spacial score (nSPS) is 10.9. The van der Waals surface area contributed by atoms with E-state index in [0.29, 0.717) is 28.4 Å². The maximum absolute atomic E-state index is 13.3. The SMILES string of the molecule is Nc1ccc(OCc2nc3cc(Cl)c(F)cc3o2)cc1. The summed E-state index contributed by atoms with van der Waals surface area (Å²) in [6.45, 7) is 0.137. The van der Waals surface area contributed by atoms with Gasteiger partial charge in [-0.05, 0) is 30.3 Å². The molecule has 0 aliphatic heterocycles. The summed E-state index contributed by atoms with van der Waals surface area (Å²) in [5, 5.41) is 0.0109. The first-order valence-corrected chi connectivity index (χ1v) is 6.22.